The largest absolute Gasteiger partial charge is 0.329 e. The molecule has 0 aliphatic carbocycles. The Kier molecular flexibility index (Phi) is 3.83. The summed E-state index contributed by atoms with van der Waals surface area (Å²) >= 11 is 5.64. The third-order valence-electron chi connectivity index (χ3n) is 2.29. The van der Waals surface area contributed by atoms with E-state index >= 15 is 0 Å². The average Bonchev–Trinajstić information content (AvgIpc) is 2.11. The molecule has 0 amide bonds. The maximum atomic E-state index is 11.8. The van der Waals surface area contributed by atoms with Crippen LogP contribution in [-0.4, -0.2) is 30.0 Å². The monoisotopic (exact) mass is 280 g/mol. The van der Waals surface area contributed by atoms with Gasteiger partial charge in [0.05, 0.1) is 11.8 Å². The first-order chi connectivity index (χ1) is 7.63. The Bertz CT molecular complexity index is 644. The molecular weight excluding hydrogens is 268 g/mol. The highest BCUT2D eigenvalue weighted by atomic mass is 35.5. The van der Waals surface area contributed by atoms with E-state index in [1.165, 1.54) is 13.8 Å². The molecular formula is C9H13ClN2O4S. The summed E-state index contributed by atoms with van der Waals surface area (Å²) in [6.45, 7) is 2.95. The molecule has 1 unspecified atom stereocenters. The van der Waals surface area contributed by atoms with E-state index in [-0.39, 0.29) is 16.5 Å². The van der Waals surface area contributed by atoms with Crippen molar-refractivity contribution < 1.29 is 8.42 Å². The molecule has 96 valence electrons. The molecule has 0 radical (unpaired) electrons. The van der Waals surface area contributed by atoms with Crippen LogP contribution in [0.3, 0.4) is 0 Å². The van der Waals surface area contributed by atoms with Crippen LogP contribution >= 0.6 is 11.6 Å². The molecule has 0 aliphatic heterocycles. The van der Waals surface area contributed by atoms with E-state index in [4.69, 9.17) is 11.6 Å². The fourth-order valence-corrected chi connectivity index (χ4v) is 2.71. The lowest BCUT2D eigenvalue weighted by atomic mass is 10.3. The first-order valence-electron chi connectivity index (χ1n) is 4.82. The highest BCUT2D eigenvalue weighted by Crippen LogP contribution is 2.07. The van der Waals surface area contributed by atoms with Gasteiger partial charge in [-0.2, -0.15) is 0 Å². The highest BCUT2D eigenvalue weighted by molar-refractivity contribution is 7.90. The fraction of sp³-hybridized carbons (Fsp3) is 0.556. The Labute approximate surface area is 103 Å². The predicted molar refractivity (Wildman–Crippen MR) is 65.5 cm³/mol. The molecule has 17 heavy (non-hydrogen) atoms. The molecule has 1 aromatic heterocycles. The maximum Gasteiger partial charge on any atom is 0.329 e. The van der Waals surface area contributed by atoms with Crippen LogP contribution in [0, 0.1) is 6.92 Å². The molecule has 1 aromatic rings. The summed E-state index contributed by atoms with van der Waals surface area (Å²) < 4.78 is 23.1. The standard InChI is InChI=1S/C9H13ClN2O4S/c1-5(4-17(3,15)16)12-8(13)6(2)7(10)11-9(12)14/h5H,4H2,1-3H3,(H,11,14). The van der Waals surface area contributed by atoms with E-state index in [0.29, 0.717) is 0 Å². The number of hydrogen-bond acceptors (Lipinski definition) is 4. The van der Waals surface area contributed by atoms with Gasteiger partial charge in [0, 0.05) is 11.8 Å². The molecule has 8 heteroatoms. The van der Waals surface area contributed by atoms with Crippen LogP contribution in [0.2, 0.25) is 5.15 Å². The average molecular weight is 281 g/mol. The van der Waals surface area contributed by atoms with Gasteiger partial charge in [0.1, 0.15) is 15.0 Å². The summed E-state index contributed by atoms with van der Waals surface area (Å²) in [4.78, 5) is 25.7. The zero-order valence-corrected chi connectivity index (χ0v) is 11.2. The van der Waals surface area contributed by atoms with Crippen molar-refractivity contribution in [3.8, 4) is 0 Å². The van der Waals surface area contributed by atoms with Crippen LogP contribution in [0.5, 0.6) is 0 Å². The number of halogens is 1. The third kappa shape index (κ3) is 3.19. The van der Waals surface area contributed by atoms with Crippen molar-refractivity contribution in [2.45, 2.75) is 19.9 Å². The summed E-state index contributed by atoms with van der Waals surface area (Å²) in [5.41, 5.74) is -1.09. The number of sulfone groups is 1. The Morgan fingerprint density at radius 2 is 1.94 bits per heavy atom. The van der Waals surface area contributed by atoms with Crippen molar-refractivity contribution in [1.82, 2.24) is 9.55 Å². The second kappa shape index (κ2) is 4.66. The van der Waals surface area contributed by atoms with Gasteiger partial charge >= 0.3 is 5.69 Å². The van der Waals surface area contributed by atoms with Crippen molar-refractivity contribution in [2.75, 3.05) is 12.0 Å². The zero-order valence-electron chi connectivity index (χ0n) is 9.65. The molecule has 0 spiro atoms. The summed E-state index contributed by atoms with van der Waals surface area (Å²) in [6, 6.07) is -0.739. The van der Waals surface area contributed by atoms with Gasteiger partial charge in [-0.3, -0.25) is 14.3 Å². The summed E-state index contributed by atoms with van der Waals surface area (Å²) in [6.07, 6.45) is 1.05. The predicted octanol–water partition coefficient (Wildman–Crippen LogP) is 0.104. The summed E-state index contributed by atoms with van der Waals surface area (Å²) in [7, 11) is -3.27. The zero-order chi connectivity index (χ0) is 13.4. The lowest BCUT2D eigenvalue weighted by Crippen LogP contribution is -2.40. The van der Waals surface area contributed by atoms with Gasteiger partial charge < -0.3 is 0 Å². The van der Waals surface area contributed by atoms with Crippen molar-refractivity contribution in [1.29, 1.82) is 0 Å². The SMILES string of the molecule is Cc1c(Cl)[nH]c(=O)n(C(C)CS(C)(=O)=O)c1=O. The minimum absolute atomic E-state index is 0.0252. The topological polar surface area (TPSA) is 89.0 Å². The minimum atomic E-state index is -3.27. The van der Waals surface area contributed by atoms with E-state index in [1.807, 2.05) is 0 Å². The molecule has 1 rings (SSSR count). The van der Waals surface area contributed by atoms with Gasteiger partial charge in [-0.1, -0.05) is 11.6 Å². The molecule has 0 aliphatic rings. The molecule has 0 aromatic carbocycles. The lowest BCUT2D eigenvalue weighted by Gasteiger charge is -2.13. The fourth-order valence-electron chi connectivity index (χ4n) is 1.53. The third-order valence-corrected chi connectivity index (χ3v) is 3.75. The smallest absolute Gasteiger partial charge is 0.297 e. The molecule has 1 heterocycles. The van der Waals surface area contributed by atoms with E-state index in [0.717, 1.165) is 10.8 Å². The van der Waals surface area contributed by atoms with Gasteiger partial charge in [-0.05, 0) is 13.8 Å². The first-order valence-corrected chi connectivity index (χ1v) is 7.26. The molecule has 0 saturated carbocycles. The van der Waals surface area contributed by atoms with E-state index in [1.54, 1.807) is 0 Å². The number of aromatic nitrogens is 2. The van der Waals surface area contributed by atoms with Crippen LogP contribution < -0.4 is 11.2 Å². The van der Waals surface area contributed by atoms with Gasteiger partial charge in [-0.15, -0.1) is 0 Å². The molecule has 1 atom stereocenters. The van der Waals surface area contributed by atoms with Crippen LogP contribution in [0.1, 0.15) is 18.5 Å². The number of H-pyrrole nitrogens is 1. The van der Waals surface area contributed by atoms with Gasteiger partial charge in [0.2, 0.25) is 0 Å². The minimum Gasteiger partial charge on any atom is -0.297 e. The Morgan fingerprint density at radius 3 is 2.41 bits per heavy atom. The van der Waals surface area contributed by atoms with Gasteiger partial charge in [0.15, 0.2) is 0 Å². The molecule has 0 saturated heterocycles. The quantitative estimate of drug-likeness (QED) is 0.796. The maximum absolute atomic E-state index is 11.8. The number of nitrogens with one attached hydrogen (secondary N) is 1. The van der Waals surface area contributed by atoms with Crippen LogP contribution in [0.25, 0.3) is 0 Å². The molecule has 6 nitrogen and oxygen atoms in total. The van der Waals surface area contributed by atoms with Crippen molar-refractivity contribution in [3.05, 3.63) is 31.6 Å². The van der Waals surface area contributed by atoms with E-state index in [2.05, 4.69) is 4.98 Å². The Balaban J connectivity index is 3.38. The lowest BCUT2D eigenvalue weighted by molar-refractivity contribution is 0.528. The number of aromatic amines is 1. The Morgan fingerprint density at radius 1 is 1.41 bits per heavy atom. The summed E-state index contributed by atoms with van der Waals surface area (Å²) in [5.74, 6) is -0.281. The van der Waals surface area contributed by atoms with Crippen molar-refractivity contribution in [2.24, 2.45) is 0 Å². The van der Waals surface area contributed by atoms with E-state index in [9.17, 15) is 18.0 Å². The van der Waals surface area contributed by atoms with E-state index < -0.39 is 27.1 Å². The van der Waals surface area contributed by atoms with Gasteiger partial charge in [0.25, 0.3) is 5.56 Å². The second-order valence-corrected chi connectivity index (χ2v) is 6.55. The van der Waals surface area contributed by atoms with Crippen LogP contribution in [0.4, 0.5) is 0 Å². The van der Waals surface area contributed by atoms with Crippen LogP contribution in [0.15, 0.2) is 9.59 Å². The highest BCUT2D eigenvalue weighted by Gasteiger charge is 2.18. The molecule has 1 N–H and O–H groups in total. The number of nitrogens with zero attached hydrogens (tertiary/aromatic N) is 1. The first kappa shape index (κ1) is 14.0. The second-order valence-electron chi connectivity index (χ2n) is 3.99. The van der Waals surface area contributed by atoms with Crippen LogP contribution in [-0.2, 0) is 9.84 Å². The molecule has 0 fully saturated rings. The normalized spacial score (nSPS) is 13.6. The van der Waals surface area contributed by atoms with Gasteiger partial charge in [-0.25, -0.2) is 13.2 Å². The number of rotatable bonds is 3. The van der Waals surface area contributed by atoms with Crippen molar-refractivity contribution in [3.63, 3.8) is 0 Å². The summed E-state index contributed by atoms with van der Waals surface area (Å²) in [5, 5.41) is -0.0252. The van der Waals surface area contributed by atoms with Crippen molar-refractivity contribution >= 4 is 21.4 Å². The number of hydrogen-bond donors (Lipinski definition) is 1. The molecule has 0 bridgehead atoms. The Hall–Kier alpha value is -1.08.